The van der Waals surface area contributed by atoms with Gasteiger partial charge in [0.25, 0.3) is 0 Å². The Hall–Kier alpha value is -3.43. The van der Waals surface area contributed by atoms with E-state index in [0.29, 0.717) is 62.5 Å². The van der Waals surface area contributed by atoms with Gasteiger partial charge in [-0.25, -0.2) is 14.4 Å². The Kier molecular flexibility index (Phi) is 12.2. The molecule has 0 bridgehead atoms. The average Bonchev–Trinajstić information content (AvgIpc) is 3.01. The summed E-state index contributed by atoms with van der Waals surface area (Å²) in [7, 11) is 0. The highest BCUT2D eigenvalue weighted by molar-refractivity contribution is 5.89. The number of benzene rings is 2. The van der Waals surface area contributed by atoms with Crippen LogP contribution in [0.3, 0.4) is 0 Å². The van der Waals surface area contributed by atoms with Gasteiger partial charge in [0.1, 0.15) is 24.4 Å². The standard InChI is InChI=1S/C33H42O9/c1-3-5-23-7-11-25(12-8-23)31(34)41-39-29-19-15-27(16-20-29)37-33(36)38-28-17-21-30(22-18-28)40-42-32(35)26-13-9-24(6-4-2)10-14-26/h7-14,27-30H,3-6,15-22H2,1-2H3. The number of hydrogen-bond donors (Lipinski definition) is 0. The third-order valence-electron chi connectivity index (χ3n) is 7.74. The first kappa shape index (κ1) is 31.5. The highest BCUT2D eigenvalue weighted by atomic mass is 17.2. The van der Waals surface area contributed by atoms with Gasteiger partial charge in [0.2, 0.25) is 0 Å². The molecule has 0 aromatic heterocycles. The summed E-state index contributed by atoms with van der Waals surface area (Å²) in [5, 5.41) is 0. The second-order valence-electron chi connectivity index (χ2n) is 11.1. The molecule has 0 saturated heterocycles. The van der Waals surface area contributed by atoms with E-state index in [1.807, 2.05) is 24.3 Å². The Balaban J connectivity index is 1.07. The molecule has 0 heterocycles. The fourth-order valence-electron chi connectivity index (χ4n) is 5.30. The lowest BCUT2D eigenvalue weighted by atomic mass is 9.95. The van der Waals surface area contributed by atoms with Crippen LogP contribution < -0.4 is 0 Å². The van der Waals surface area contributed by atoms with Crippen LogP contribution in [-0.2, 0) is 41.9 Å². The first-order chi connectivity index (χ1) is 20.4. The topological polar surface area (TPSA) is 107 Å². The van der Waals surface area contributed by atoms with E-state index < -0.39 is 18.1 Å². The lowest BCUT2D eigenvalue weighted by molar-refractivity contribution is -0.282. The Morgan fingerprint density at radius 3 is 1.21 bits per heavy atom. The molecule has 42 heavy (non-hydrogen) atoms. The summed E-state index contributed by atoms with van der Waals surface area (Å²) >= 11 is 0. The summed E-state index contributed by atoms with van der Waals surface area (Å²) in [6.45, 7) is 4.22. The van der Waals surface area contributed by atoms with Crippen LogP contribution in [0.25, 0.3) is 0 Å². The van der Waals surface area contributed by atoms with Crippen molar-refractivity contribution in [1.82, 2.24) is 0 Å². The molecule has 9 nitrogen and oxygen atoms in total. The zero-order chi connectivity index (χ0) is 29.7. The van der Waals surface area contributed by atoms with E-state index in [2.05, 4.69) is 13.8 Å². The average molecular weight is 583 g/mol. The van der Waals surface area contributed by atoms with Crippen LogP contribution in [0.2, 0.25) is 0 Å². The van der Waals surface area contributed by atoms with Gasteiger partial charge in [0.15, 0.2) is 0 Å². The van der Waals surface area contributed by atoms with E-state index in [1.54, 1.807) is 24.3 Å². The summed E-state index contributed by atoms with van der Waals surface area (Å²) in [5.74, 6) is -1.04. The van der Waals surface area contributed by atoms with Crippen LogP contribution in [-0.4, -0.2) is 42.5 Å². The van der Waals surface area contributed by atoms with Crippen molar-refractivity contribution >= 4 is 18.1 Å². The van der Waals surface area contributed by atoms with Gasteiger partial charge >= 0.3 is 18.1 Å². The van der Waals surface area contributed by atoms with E-state index in [0.717, 1.165) is 25.7 Å². The zero-order valence-electron chi connectivity index (χ0n) is 24.6. The molecule has 0 amide bonds. The third-order valence-corrected chi connectivity index (χ3v) is 7.74. The Labute approximate surface area is 247 Å². The van der Waals surface area contributed by atoms with E-state index in [9.17, 15) is 14.4 Å². The third kappa shape index (κ3) is 9.84. The highest BCUT2D eigenvalue weighted by Gasteiger charge is 2.30. The monoisotopic (exact) mass is 582 g/mol. The van der Waals surface area contributed by atoms with Crippen molar-refractivity contribution in [3.05, 3.63) is 70.8 Å². The number of rotatable bonds is 12. The largest absolute Gasteiger partial charge is 0.508 e. The quantitative estimate of drug-likeness (QED) is 0.145. The summed E-state index contributed by atoms with van der Waals surface area (Å²) in [6.07, 6.45) is 7.10. The van der Waals surface area contributed by atoms with Gasteiger partial charge in [0.05, 0.1) is 11.1 Å². The van der Waals surface area contributed by atoms with Gasteiger partial charge in [-0.05, 0) is 99.6 Å². The Morgan fingerprint density at radius 1 is 0.548 bits per heavy atom. The van der Waals surface area contributed by atoms with Crippen molar-refractivity contribution in [3.8, 4) is 0 Å². The predicted molar refractivity (Wildman–Crippen MR) is 154 cm³/mol. The molecule has 2 saturated carbocycles. The first-order valence-corrected chi connectivity index (χ1v) is 15.2. The van der Waals surface area contributed by atoms with Crippen LogP contribution in [0.1, 0.15) is 110 Å². The number of ether oxygens (including phenoxy) is 2. The number of aryl methyl sites for hydroxylation is 2. The Morgan fingerprint density at radius 2 is 0.881 bits per heavy atom. The summed E-state index contributed by atoms with van der Waals surface area (Å²) < 4.78 is 11.0. The highest BCUT2D eigenvalue weighted by Crippen LogP contribution is 2.27. The maximum absolute atomic E-state index is 12.4. The zero-order valence-corrected chi connectivity index (χ0v) is 24.6. The minimum absolute atomic E-state index is 0.242. The van der Waals surface area contributed by atoms with Gasteiger partial charge in [0, 0.05) is 0 Å². The molecule has 228 valence electrons. The van der Waals surface area contributed by atoms with E-state index in [1.165, 1.54) is 11.1 Å². The molecular formula is C33H42O9. The van der Waals surface area contributed by atoms with Crippen LogP contribution in [0.15, 0.2) is 48.5 Å². The normalized spacial score (nSPS) is 22.1. The smallest absolute Gasteiger partial charge is 0.431 e. The molecule has 2 aromatic carbocycles. The fraction of sp³-hybridized carbons (Fsp3) is 0.545. The molecule has 2 aromatic rings. The van der Waals surface area contributed by atoms with Crippen molar-refractivity contribution in [2.24, 2.45) is 0 Å². The van der Waals surface area contributed by atoms with Crippen LogP contribution >= 0.6 is 0 Å². The lowest BCUT2D eigenvalue weighted by Gasteiger charge is -2.29. The van der Waals surface area contributed by atoms with E-state index in [-0.39, 0.29) is 24.4 Å². The molecule has 9 heteroatoms. The second-order valence-corrected chi connectivity index (χ2v) is 11.1. The SMILES string of the molecule is CCCc1ccc(C(=O)OOC2CCC(OC(=O)OC3CCC(OOC(=O)c4ccc(CCC)cc4)CC3)CC2)cc1. The van der Waals surface area contributed by atoms with Crippen LogP contribution in [0.5, 0.6) is 0 Å². The minimum Gasteiger partial charge on any atom is -0.431 e. The van der Waals surface area contributed by atoms with Gasteiger partial charge < -0.3 is 9.47 Å². The molecular weight excluding hydrogens is 540 g/mol. The number of carbonyl (C=O) groups excluding carboxylic acids is 3. The molecule has 2 aliphatic rings. The molecule has 0 radical (unpaired) electrons. The van der Waals surface area contributed by atoms with E-state index in [4.69, 9.17) is 29.0 Å². The maximum Gasteiger partial charge on any atom is 0.508 e. The summed E-state index contributed by atoms with van der Waals surface area (Å²) in [6, 6.07) is 14.7. The molecule has 0 N–H and O–H groups in total. The molecule has 0 atom stereocenters. The molecule has 2 fully saturated rings. The van der Waals surface area contributed by atoms with Crippen LogP contribution in [0, 0.1) is 0 Å². The lowest BCUT2D eigenvalue weighted by Crippen LogP contribution is -2.32. The molecule has 2 aliphatic carbocycles. The number of hydrogen-bond acceptors (Lipinski definition) is 9. The van der Waals surface area contributed by atoms with E-state index >= 15 is 0 Å². The van der Waals surface area contributed by atoms with Gasteiger partial charge in [-0.15, -0.1) is 0 Å². The molecule has 0 spiro atoms. The van der Waals surface area contributed by atoms with Crippen molar-refractivity contribution in [2.45, 2.75) is 115 Å². The second kappa shape index (κ2) is 16.3. The fourth-order valence-corrected chi connectivity index (χ4v) is 5.30. The molecule has 4 rings (SSSR count). The van der Waals surface area contributed by atoms with Gasteiger partial charge in [-0.1, -0.05) is 51.0 Å². The van der Waals surface area contributed by atoms with Crippen molar-refractivity contribution in [2.75, 3.05) is 0 Å². The van der Waals surface area contributed by atoms with Crippen molar-refractivity contribution < 1.29 is 43.4 Å². The first-order valence-electron chi connectivity index (χ1n) is 15.2. The van der Waals surface area contributed by atoms with Crippen LogP contribution in [0.4, 0.5) is 4.79 Å². The van der Waals surface area contributed by atoms with Gasteiger partial charge in [-0.2, -0.15) is 9.78 Å². The molecule has 0 aliphatic heterocycles. The number of carbonyl (C=O) groups is 3. The summed E-state index contributed by atoms with van der Waals surface area (Å²) in [4.78, 5) is 57.7. The maximum atomic E-state index is 12.4. The van der Waals surface area contributed by atoms with Crippen molar-refractivity contribution in [3.63, 3.8) is 0 Å². The predicted octanol–water partition coefficient (Wildman–Crippen LogP) is 7.24. The molecule has 0 unspecified atom stereocenters. The van der Waals surface area contributed by atoms with Crippen molar-refractivity contribution in [1.29, 1.82) is 0 Å². The minimum atomic E-state index is -0.681. The Bertz CT molecular complexity index is 1040. The van der Waals surface area contributed by atoms with Gasteiger partial charge in [-0.3, -0.25) is 9.78 Å². The summed E-state index contributed by atoms with van der Waals surface area (Å²) in [5.41, 5.74) is 3.25.